The molecule has 128 valence electrons. The zero-order valence-corrected chi connectivity index (χ0v) is 15.2. The van der Waals surface area contributed by atoms with Crippen LogP contribution in [-0.4, -0.2) is 22.6 Å². The summed E-state index contributed by atoms with van der Waals surface area (Å²) >= 11 is 7.85. The van der Waals surface area contributed by atoms with E-state index in [1.54, 1.807) is 16.2 Å². The lowest BCUT2D eigenvalue weighted by molar-refractivity contribution is -0.117. The summed E-state index contributed by atoms with van der Waals surface area (Å²) in [4.78, 5) is 19.9. The molecule has 1 atom stereocenters. The summed E-state index contributed by atoms with van der Waals surface area (Å²) in [6.45, 7) is 2.46. The van der Waals surface area contributed by atoms with Gasteiger partial charge in [0.15, 0.2) is 5.82 Å². The zero-order valence-electron chi connectivity index (χ0n) is 13.6. The first kappa shape index (κ1) is 16.3. The van der Waals surface area contributed by atoms with Crippen LogP contribution in [0.3, 0.4) is 0 Å². The molecule has 1 aromatic carbocycles. The predicted octanol–water partition coefficient (Wildman–Crippen LogP) is 4.20. The Balaban J connectivity index is 1.52. The predicted molar refractivity (Wildman–Crippen MR) is 97.3 cm³/mol. The van der Waals surface area contributed by atoms with E-state index in [4.69, 9.17) is 16.1 Å². The van der Waals surface area contributed by atoms with Crippen LogP contribution in [0.1, 0.15) is 34.5 Å². The molecule has 0 N–H and O–H groups in total. The van der Waals surface area contributed by atoms with E-state index in [1.165, 1.54) is 4.88 Å². The molecule has 5 nitrogen and oxygen atoms in total. The zero-order chi connectivity index (χ0) is 17.4. The highest BCUT2D eigenvalue weighted by Gasteiger charge is 2.35. The van der Waals surface area contributed by atoms with E-state index in [-0.39, 0.29) is 11.8 Å². The number of benzene rings is 1. The van der Waals surface area contributed by atoms with Gasteiger partial charge < -0.3 is 9.42 Å². The van der Waals surface area contributed by atoms with E-state index in [9.17, 15) is 4.79 Å². The van der Waals surface area contributed by atoms with Gasteiger partial charge in [0.1, 0.15) is 0 Å². The summed E-state index contributed by atoms with van der Waals surface area (Å²) in [6.07, 6.45) is 1.01. The summed E-state index contributed by atoms with van der Waals surface area (Å²) in [5.41, 5.74) is 1.76. The van der Waals surface area contributed by atoms with E-state index in [0.29, 0.717) is 36.1 Å². The molecule has 1 saturated heterocycles. The topological polar surface area (TPSA) is 59.2 Å². The van der Waals surface area contributed by atoms with E-state index in [0.717, 1.165) is 11.3 Å². The molecule has 0 radical (unpaired) electrons. The quantitative estimate of drug-likeness (QED) is 0.687. The summed E-state index contributed by atoms with van der Waals surface area (Å²) in [6, 6.07) is 9.64. The smallest absolute Gasteiger partial charge is 0.231 e. The summed E-state index contributed by atoms with van der Waals surface area (Å²) < 4.78 is 5.36. The fourth-order valence-electron chi connectivity index (χ4n) is 3.07. The Morgan fingerprint density at radius 2 is 2.24 bits per heavy atom. The fraction of sp³-hybridized carbons (Fsp3) is 0.278. The Bertz CT molecular complexity index is 907. The number of aromatic nitrogens is 2. The van der Waals surface area contributed by atoms with Crippen LogP contribution < -0.4 is 4.90 Å². The van der Waals surface area contributed by atoms with Crippen molar-refractivity contribution in [3.05, 3.63) is 62.9 Å². The number of halogens is 1. The number of rotatable bonds is 4. The number of amides is 1. The molecule has 1 unspecified atom stereocenters. The van der Waals surface area contributed by atoms with Crippen LogP contribution in [0.5, 0.6) is 0 Å². The van der Waals surface area contributed by atoms with Gasteiger partial charge in [-0.1, -0.05) is 28.9 Å². The van der Waals surface area contributed by atoms with Crippen LogP contribution in [0, 0.1) is 6.92 Å². The lowest BCUT2D eigenvalue weighted by Crippen LogP contribution is -2.25. The lowest BCUT2D eigenvalue weighted by atomic mass is 10.1. The van der Waals surface area contributed by atoms with E-state index < -0.39 is 0 Å². The number of carbonyl (C=O) groups excluding carboxylic acids is 1. The van der Waals surface area contributed by atoms with Crippen LogP contribution in [0.25, 0.3) is 0 Å². The van der Waals surface area contributed by atoms with Crippen molar-refractivity contribution in [3.63, 3.8) is 0 Å². The van der Waals surface area contributed by atoms with E-state index >= 15 is 0 Å². The molecule has 2 aromatic heterocycles. The van der Waals surface area contributed by atoms with Crippen LogP contribution >= 0.6 is 22.9 Å². The Hall–Kier alpha value is -2.18. The highest BCUT2D eigenvalue weighted by Crippen LogP contribution is 2.34. The molecule has 1 amide bonds. The van der Waals surface area contributed by atoms with Crippen LogP contribution in [0.2, 0.25) is 5.02 Å². The maximum atomic E-state index is 12.5. The highest BCUT2D eigenvalue weighted by atomic mass is 35.5. The number of hydrogen-bond acceptors (Lipinski definition) is 5. The highest BCUT2D eigenvalue weighted by molar-refractivity contribution is 7.09. The second-order valence-corrected chi connectivity index (χ2v) is 7.53. The number of thiophene rings is 1. The summed E-state index contributed by atoms with van der Waals surface area (Å²) in [5, 5.41) is 6.77. The number of carbonyl (C=O) groups is 1. The molecule has 4 rings (SSSR count). The molecule has 1 aliphatic rings. The monoisotopic (exact) mass is 373 g/mol. The van der Waals surface area contributed by atoms with E-state index in [2.05, 4.69) is 10.1 Å². The molecule has 0 saturated carbocycles. The van der Waals surface area contributed by atoms with Crippen molar-refractivity contribution in [3.8, 4) is 0 Å². The molecule has 0 bridgehead atoms. The van der Waals surface area contributed by atoms with Crippen LogP contribution in [0.4, 0.5) is 5.69 Å². The van der Waals surface area contributed by atoms with E-state index in [1.807, 2.05) is 42.6 Å². The largest absolute Gasteiger partial charge is 0.339 e. The van der Waals surface area contributed by atoms with Crippen LogP contribution in [-0.2, 0) is 11.2 Å². The molecule has 25 heavy (non-hydrogen) atoms. The minimum Gasteiger partial charge on any atom is -0.339 e. The third-order valence-electron chi connectivity index (χ3n) is 4.41. The normalized spacial score (nSPS) is 17.4. The lowest BCUT2D eigenvalue weighted by Gasteiger charge is -2.19. The molecule has 1 aliphatic heterocycles. The number of hydrogen-bond donors (Lipinski definition) is 0. The van der Waals surface area contributed by atoms with Gasteiger partial charge in [-0.15, -0.1) is 11.3 Å². The Morgan fingerprint density at radius 1 is 1.36 bits per heavy atom. The fourth-order valence-corrected chi connectivity index (χ4v) is 3.94. The SMILES string of the molecule is Cc1c(Cl)cccc1N1CC(c2noc(Cc3cccs3)n2)CC1=O. The van der Waals surface area contributed by atoms with Crippen molar-refractivity contribution in [1.82, 2.24) is 10.1 Å². The van der Waals surface area contributed by atoms with Gasteiger partial charge in [0.05, 0.1) is 6.42 Å². The Morgan fingerprint density at radius 3 is 3.04 bits per heavy atom. The summed E-state index contributed by atoms with van der Waals surface area (Å²) in [7, 11) is 0. The molecule has 3 aromatic rings. The number of nitrogens with zero attached hydrogens (tertiary/aromatic N) is 3. The first-order valence-electron chi connectivity index (χ1n) is 8.02. The van der Waals surface area contributed by atoms with Gasteiger partial charge in [0.2, 0.25) is 11.8 Å². The molecule has 0 spiro atoms. The third-order valence-corrected chi connectivity index (χ3v) is 5.70. The van der Waals surface area contributed by atoms with Gasteiger partial charge in [-0.3, -0.25) is 4.79 Å². The first-order valence-corrected chi connectivity index (χ1v) is 9.28. The molecule has 7 heteroatoms. The van der Waals surface area contributed by atoms with Crippen molar-refractivity contribution in [1.29, 1.82) is 0 Å². The molecular weight excluding hydrogens is 358 g/mol. The van der Waals surface area contributed by atoms with Gasteiger partial charge >= 0.3 is 0 Å². The van der Waals surface area contributed by atoms with Gasteiger partial charge in [-0.25, -0.2) is 0 Å². The molecule has 3 heterocycles. The van der Waals surface area contributed by atoms with Gasteiger partial charge in [0.25, 0.3) is 0 Å². The van der Waals surface area contributed by atoms with Crippen molar-refractivity contribution < 1.29 is 9.32 Å². The molecule has 1 fully saturated rings. The molecule has 0 aliphatic carbocycles. The second kappa shape index (κ2) is 6.61. The first-order chi connectivity index (χ1) is 12.1. The standard InChI is InChI=1S/C18H16ClN3O2S/c1-11-14(19)5-2-6-15(11)22-10-12(8-17(22)23)18-20-16(24-21-18)9-13-4-3-7-25-13/h2-7,12H,8-10H2,1H3. The molecular formula is C18H16ClN3O2S. The average Bonchev–Trinajstić information content (AvgIpc) is 3.32. The minimum atomic E-state index is -0.0632. The van der Waals surface area contributed by atoms with Gasteiger partial charge in [-0.05, 0) is 36.1 Å². The summed E-state index contributed by atoms with van der Waals surface area (Å²) in [5.74, 6) is 1.18. The number of anilines is 1. The van der Waals surface area contributed by atoms with Crippen molar-refractivity contribution in [2.45, 2.75) is 25.7 Å². The van der Waals surface area contributed by atoms with Crippen molar-refractivity contribution >= 4 is 34.5 Å². The second-order valence-electron chi connectivity index (χ2n) is 6.09. The van der Waals surface area contributed by atoms with Crippen molar-refractivity contribution in [2.75, 3.05) is 11.4 Å². The Kier molecular flexibility index (Phi) is 4.31. The third kappa shape index (κ3) is 3.19. The van der Waals surface area contributed by atoms with Crippen molar-refractivity contribution in [2.24, 2.45) is 0 Å². The Labute approximate surface area is 154 Å². The van der Waals surface area contributed by atoms with Crippen LogP contribution in [0.15, 0.2) is 40.2 Å². The minimum absolute atomic E-state index is 0.0555. The maximum Gasteiger partial charge on any atom is 0.231 e. The van der Waals surface area contributed by atoms with Gasteiger partial charge in [0, 0.05) is 34.5 Å². The maximum absolute atomic E-state index is 12.5. The van der Waals surface area contributed by atoms with Gasteiger partial charge in [-0.2, -0.15) is 4.98 Å². The average molecular weight is 374 g/mol.